The van der Waals surface area contributed by atoms with E-state index in [2.05, 4.69) is 15.6 Å². The summed E-state index contributed by atoms with van der Waals surface area (Å²) >= 11 is 0. The minimum absolute atomic E-state index is 0.362. The molecule has 2 N–H and O–H groups in total. The lowest BCUT2D eigenvalue weighted by molar-refractivity contribution is -0.133. The Hall–Kier alpha value is -2.89. The van der Waals surface area contributed by atoms with E-state index in [-0.39, 0.29) is 0 Å². The maximum absolute atomic E-state index is 12.0. The van der Waals surface area contributed by atoms with Crippen LogP contribution in [-0.2, 0) is 9.59 Å². The third kappa shape index (κ3) is 3.82. The van der Waals surface area contributed by atoms with Crippen molar-refractivity contribution in [3.63, 3.8) is 0 Å². The second kappa shape index (κ2) is 7.21. The highest BCUT2D eigenvalue weighted by Crippen LogP contribution is 2.23. The van der Waals surface area contributed by atoms with E-state index in [0.717, 1.165) is 5.56 Å². The van der Waals surface area contributed by atoms with Gasteiger partial charge in [0.05, 0.1) is 12.3 Å². The van der Waals surface area contributed by atoms with Crippen molar-refractivity contribution in [3.05, 3.63) is 48.2 Å². The van der Waals surface area contributed by atoms with Crippen molar-refractivity contribution in [1.82, 2.24) is 4.98 Å². The van der Waals surface area contributed by atoms with Gasteiger partial charge in [-0.1, -0.05) is 18.2 Å². The van der Waals surface area contributed by atoms with Gasteiger partial charge < -0.3 is 15.4 Å². The summed E-state index contributed by atoms with van der Waals surface area (Å²) in [4.78, 5) is 27.9. The van der Waals surface area contributed by atoms with Crippen LogP contribution in [0.2, 0.25) is 0 Å². The number of rotatable bonds is 4. The Morgan fingerprint density at radius 1 is 1.09 bits per heavy atom. The second-order valence-electron chi connectivity index (χ2n) is 4.51. The van der Waals surface area contributed by atoms with E-state index in [1.54, 1.807) is 49.5 Å². The van der Waals surface area contributed by atoms with Crippen molar-refractivity contribution < 1.29 is 14.3 Å². The molecular weight excluding hydrogens is 282 g/mol. The zero-order valence-electron chi connectivity index (χ0n) is 12.4. The van der Waals surface area contributed by atoms with E-state index in [4.69, 9.17) is 4.74 Å². The smallest absolute Gasteiger partial charge is 0.315 e. The van der Waals surface area contributed by atoms with Crippen molar-refractivity contribution in [1.29, 1.82) is 0 Å². The Kier molecular flexibility index (Phi) is 5.08. The number of hydrogen-bond acceptors (Lipinski definition) is 4. The molecule has 0 saturated heterocycles. The predicted octanol–water partition coefficient (Wildman–Crippen LogP) is 2.37. The van der Waals surface area contributed by atoms with Crippen LogP contribution in [0.1, 0.15) is 12.5 Å². The molecule has 0 saturated carbocycles. The summed E-state index contributed by atoms with van der Waals surface area (Å²) in [6.45, 7) is 4.10. The Bertz CT molecular complexity index is 686. The van der Waals surface area contributed by atoms with Crippen LogP contribution in [0, 0.1) is 6.92 Å². The summed E-state index contributed by atoms with van der Waals surface area (Å²) in [5.41, 5.74) is 1.22. The van der Waals surface area contributed by atoms with Crippen molar-refractivity contribution >= 4 is 23.3 Å². The number of carbonyl (C=O) groups excluding carboxylic acids is 2. The van der Waals surface area contributed by atoms with Gasteiger partial charge in [0.1, 0.15) is 11.6 Å². The first-order valence-corrected chi connectivity index (χ1v) is 6.87. The molecule has 0 atom stereocenters. The fourth-order valence-electron chi connectivity index (χ4n) is 1.81. The molecule has 0 aliphatic rings. The molecule has 2 rings (SSSR count). The summed E-state index contributed by atoms with van der Waals surface area (Å²) in [5.74, 6) is -0.689. The summed E-state index contributed by atoms with van der Waals surface area (Å²) < 4.78 is 5.40. The van der Waals surface area contributed by atoms with Crippen LogP contribution >= 0.6 is 0 Å². The van der Waals surface area contributed by atoms with Gasteiger partial charge in [-0.3, -0.25) is 9.59 Å². The molecule has 114 valence electrons. The lowest BCUT2D eigenvalue weighted by atomic mass is 10.2. The molecule has 6 heteroatoms. The average Bonchev–Trinajstić information content (AvgIpc) is 2.51. The average molecular weight is 299 g/mol. The molecule has 22 heavy (non-hydrogen) atoms. The summed E-state index contributed by atoms with van der Waals surface area (Å²) in [5, 5.41) is 5.01. The van der Waals surface area contributed by atoms with E-state index in [9.17, 15) is 9.59 Å². The van der Waals surface area contributed by atoms with Crippen molar-refractivity contribution in [2.45, 2.75) is 13.8 Å². The summed E-state index contributed by atoms with van der Waals surface area (Å²) in [7, 11) is 0. The molecule has 2 amide bonds. The van der Waals surface area contributed by atoms with Gasteiger partial charge in [-0.05, 0) is 37.6 Å². The van der Waals surface area contributed by atoms with Crippen molar-refractivity contribution in [3.8, 4) is 5.75 Å². The van der Waals surface area contributed by atoms with Crippen LogP contribution in [0.4, 0.5) is 11.5 Å². The van der Waals surface area contributed by atoms with E-state index in [1.807, 2.05) is 6.92 Å². The summed E-state index contributed by atoms with van der Waals surface area (Å²) in [6, 6.07) is 10.5. The molecule has 0 spiro atoms. The highest BCUT2D eigenvalue weighted by Gasteiger charge is 2.17. The zero-order valence-corrected chi connectivity index (χ0v) is 12.4. The quantitative estimate of drug-likeness (QED) is 0.849. The minimum Gasteiger partial charge on any atom is -0.492 e. The number of nitrogens with zero attached hydrogens (tertiary/aromatic N) is 1. The number of benzene rings is 1. The van der Waals surface area contributed by atoms with Gasteiger partial charge in [0.25, 0.3) is 0 Å². The lowest BCUT2D eigenvalue weighted by Gasteiger charge is -2.11. The van der Waals surface area contributed by atoms with Crippen LogP contribution in [0.25, 0.3) is 0 Å². The van der Waals surface area contributed by atoms with Gasteiger partial charge in [0.2, 0.25) is 0 Å². The summed E-state index contributed by atoms with van der Waals surface area (Å²) in [6.07, 6.45) is 1.55. The van der Waals surface area contributed by atoms with E-state index in [1.165, 1.54) is 0 Å². The first kappa shape index (κ1) is 15.5. The number of hydrogen-bond donors (Lipinski definition) is 2. The van der Waals surface area contributed by atoms with Gasteiger partial charge >= 0.3 is 11.8 Å². The van der Waals surface area contributed by atoms with E-state index >= 15 is 0 Å². The predicted molar refractivity (Wildman–Crippen MR) is 83.8 cm³/mol. The number of pyridine rings is 1. The second-order valence-corrected chi connectivity index (χ2v) is 4.51. The normalized spacial score (nSPS) is 9.91. The topological polar surface area (TPSA) is 80.3 Å². The lowest BCUT2D eigenvalue weighted by Crippen LogP contribution is -2.29. The standard InChI is InChI=1S/C16H17N3O3/c1-3-22-13-9-5-4-8-12(13)18-15(20)16(21)19-14-11(2)7-6-10-17-14/h4-10H,3H2,1-2H3,(H,18,20)(H,17,19,21). The van der Waals surface area contributed by atoms with Gasteiger partial charge in [-0.2, -0.15) is 0 Å². The van der Waals surface area contributed by atoms with Gasteiger partial charge in [0, 0.05) is 6.20 Å². The van der Waals surface area contributed by atoms with Crippen LogP contribution in [0.3, 0.4) is 0 Å². The fraction of sp³-hybridized carbons (Fsp3) is 0.188. The maximum Gasteiger partial charge on any atom is 0.315 e. The largest absolute Gasteiger partial charge is 0.492 e. The number of amides is 2. The molecule has 0 aliphatic carbocycles. The molecule has 0 bridgehead atoms. The van der Waals surface area contributed by atoms with Gasteiger partial charge in [0.15, 0.2) is 0 Å². The van der Waals surface area contributed by atoms with Crippen molar-refractivity contribution in [2.75, 3.05) is 17.2 Å². The number of aryl methyl sites for hydroxylation is 1. The number of nitrogens with one attached hydrogen (secondary N) is 2. The third-order valence-corrected chi connectivity index (χ3v) is 2.88. The number of ether oxygens (including phenoxy) is 1. The Balaban J connectivity index is 2.06. The molecule has 0 unspecified atom stereocenters. The third-order valence-electron chi connectivity index (χ3n) is 2.88. The first-order chi connectivity index (χ1) is 10.6. The molecule has 2 aromatic rings. The van der Waals surface area contributed by atoms with Gasteiger partial charge in [-0.25, -0.2) is 4.98 Å². The molecule has 1 heterocycles. The number of aromatic nitrogens is 1. The van der Waals surface area contributed by atoms with Gasteiger partial charge in [-0.15, -0.1) is 0 Å². The molecule has 0 radical (unpaired) electrons. The Morgan fingerprint density at radius 2 is 1.82 bits per heavy atom. The molecule has 1 aromatic carbocycles. The highest BCUT2D eigenvalue weighted by molar-refractivity contribution is 6.43. The molecule has 0 fully saturated rings. The first-order valence-electron chi connectivity index (χ1n) is 6.87. The monoisotopic (exact) mass is 299 g/mol. The Labute approximate surface area is 128 Å². The number of anilines is 2. The van der Waals surface area contributed by atoms with E-state index in [0.29, 0.717) is 23.9 Å². The minimum atomic E-state index is -0.784. The Morgan fingerprint density at radius 3 is 2.55 bits per heavy atom. The van der Waals surface area contributed by atoms with Crippen LogP contribution in [0.15, 0.2) is 42.6 Å². The highest BCUT2D eigenvalue weighted by atomic mass is 16.5. The zero-order chi connectivity index (χ0) is 15.9. The van der Waals surface area contributed by atoms with Crippen molar-refractivity contribution in [2.24, 2.45) is 0 Å². The number of para-hydroxylation sites is 2. The van der Waals surface area contributed by atoms with Crippen LogP contribution < -0.4 is 15.4 Å². The molecule has 6 nitrogen and oxygen atoms in total. The SMILES string of the molecule is CCOc1ccccc1NC(=O)C(=O)Nc1ncccc1C. The fourth-order valence-corrected chi connectivity index (χ4v) is 1.81. The maximum atomic E-state index is 12.0. The van der Waals surface area contributed by atoms with E-state index < -0.39 is 11.8 Å². The van der Waals surface area contributed by atoms with Crippen LogP contribution in [-0.4, -0.2) is 23.4 Å². The molecule has 0 aliphatic heterocycles. The number of carbonyl (C=O) groups is 2. The molecule has 1 aromatic heterocycles. The van der Waals surface area contributed by atoms with Crippen LogP contribution in [0.5, 0.6) is 5.75 Å². The molecular formula is C16H17N3O3.